The van der Waals surface area contributed by atoms with Crippen LogP contribution in [0.3, 0.4) is 0 Å². The summed E-state index contributed by atoms with van der Waals surface area (Å²) in [6, 6.07) is 11.1. The van der Waals surface area contributed by atoms with Crippen LogP contribution in [0.5, 0.6) is 5.75 Å². The highest BCUT2D eigenvalue weighted by molar-refractivity contribution is 9.10. The van der Waals surface area contributed by atoms with Crippen LogP contribution in [-0.4, -0.2) is 26.6 Å². The third kappa shape index (κ3) is 4.26. The fourth-order valence-corrected chi connectivity index (χ4v) is 4.19. The molecule has 6 nitrogen and oxygen atoms in total. The second-order valence-corrected chi connectivity index (χ2v) is 8.21. The number of benzene rings is 2. The van der Waals surface area contributed by atoms with Crippen molar-refractivity contribution >= 4 is 55.7 Å². The predicted octanol–water partition coefficient (Wildman–Crippen LogP) is 5.42. The number of ether oxygens (including phenoxy) is 1. The molecule has 0 saturated carbocycles. The van der Waals surface area contributed by atoms with Crippen LogP contribution in [0.1, 0.15) is 6.92 Å². The normalized spacial score (nSPS) is 12.1. The number of amides is 1. The van der Waals surface area contributed by atoms with Gasteiger partial charge in [0.05, 0.1) is 10.2 Å². The summed E-state index contributed by atoms with van der Waals surface area (Å²) in [5.74, 6) is -0.0493. The van der Waals surface area contributed by atoms with E-state index in [2.05, 4.69) is 31.3 Å². The standard InChI is InChI=1S/C19H13BrClFN4O2S/c1-10(28-16-7-4-12(21)8-14(16)20)17(27)23-18-24-19-26(25-18)15(9-29-19)11-2-5-13(22)6-3-11/h2-10H,1H3,(H,23,25,27). The quantitative estimate of drug-likeness (QED) is 0.401. The molecule has 1 N–H and O–H groups in total. The van der Waals surface area contributed by atoms with E-state index in [1.165, 1.54) is 23.5 Å². The maximum Gasteiger partial charge on any atom is 0.267 e. The van der Waals surface area contributed by atoms with Crippen LogP contribution < -0.4 is 10.1 Å². The molecule has 0 aliphatic heterocycles. The Morgan fingerprint density at radius 2 is 2.07 bits per heavy atom. The summed E-state index contributed by atoms with van der Waals surface area (Å²) in [5, 5.41) is 9.42. The molecular formula is C19H13BrClFN4O2S. The molecule has 2 heterocycles. The molecular weight excluding hydrogens is 483 g/mol. The van der Waals surface area contributed by atoms with Gasteiger partial charge in [0.2, 0.25) is 4.96 Å². The summed E-state index contributed by atoms with van der Waals surface area (Å²) < 4.78 is 21.1. The van der Waals surface area contributed by atoms with E-state index < -0.39 is 12.0 Å². The molecule has 1 atom stereocenters. The van der Waals surface area contributed by atoms with Crippen molar-refractivity contribution in [2.45, 2.75) is 13.0 Å². The van der Waals surface area contributed by atoms with E-state index in [0.29, 0.717) is 20.2 Å². The maximum atomic E-state index is 13.2. The fourth-order valence-electron chi connectivity index (χ4n) is 2.58. The molecule has 4 aromatic rings. The Balaban J connectivity index is 1.50. The average molecular weight is 496 g/mol. The van der Waals surface area contributed by atoms with Gasteiger partial charge in [-0.25, -0.2) is 8.91 Å². The Bertz CT molecular complexity index is 1190. The van der Waals surface area contributed by atoms with E-state index in [1.54, 1.807) is 41.8 Å². The van der Waals surface area contributed by atoms with Crippen LogP contribution in [0.4, 0.5) is 10.3 Å². The summed E-state index contributed by atoms with van der Waals surface area (Å²) >= 11 is 10.6. The zero-order chi connectivity index (χ0) is 20.5. The van der Waals surface area contributed by atoms with Crippen molar-refractivity contribution in [1.82, 2.24) is 14.6 Å². The van der Waals surface area contributed by atoms with Gasteiger partial charge in [0.25, 0.3) is 11.9 Å². The maximum absolute atomic E-state index is 13.2. The van der Waals surface area contributed by atoms with Crippen molar-refractivity contribution in [2.24, 2.45) is 0 Å². The van der Waals surface area contributed by atoms with Gasteiger partial charge in [0, 0.05) is 16.0 Å². The molecule has 0 aliphatic carbocycles. The van der Waals surface area contributed by atoms with Crippen LogP contribution in [0.15, 0.2) is 52.3 Å². The van der Waals surface area contributed by atoms with Gasteiger partial charge in [-0.15, -0.1) is 16.4 Å². The number of carbonyl (C=O) groups excluding carboxylic acids is 1. The second-order valence-electron chi connectivity index (χ2n) is 6.08. The number of anilines is 1. The van der Waals surface area contributed by atoms with E-state index in [0.717, 1.165) is 11.3 Å². The Morgan fingerprint density at radius 1 is 1.31 bits per heavy atom. The minimum atomic E-state index is -0.786. The van der Waals surface area contributed by atoms with Gasteiger partial charge in [0.15, 0.2) is 6.10 Å². The van der Waals surface area contributed by atoms with E-state index in [-0.39, 0.29) is 11.8 Å². The van der Waals surface area contributed by atoms with Crippen molar-refractivity contribution < 1.29 is 13.9 Å². The van der Waals surface area contributed by atoms with Gasteiger partial charge in [0.1, 0.15) is 11.6 Å². The minimum Gasteiger partial charge on any atom is -0.480 e. The molecule has 10 heteroatoms. The summed E-state index contributed by atoms with van der Waals surface area (Å²) in [4.78, 5) is 17.4. The van der Waals surface area contributed by atoms with Crippen molar-refractivity contribution in [3.8, 4) is 17.0 Å². The molecule has 0 radical (unpaired) electrons. The van der Waals surface area contributed by atoms with Gasteiger partial charge >= 0.3 is 0 Å². The average Bonchev–Trinajstić information content (AvgIpc) is 3.25. The van der Waals surface area contributed by atoms with Crippen molar-refractivity contribution in [2.75, 3.05) is 5.32 Å². The van der Waals surface area contributed by atoms with E-state index in [1.807, 2.05) is 5.38 Å². The molecule has 2 aromatic heterocycles. The van der Waals surface area contributed by atoms with Gasteiger partial charge in [-0.2, -0.15) is 4.98 Å². The monoisotopic (exact) mass is 494 g/mol. The number of nitrogens with one attached hydrogen (secondary N) is 1. The van der Waals surface area contributed by atoms with Crippen molar-refractivity contribution in [1.29, 1.82) is 0 Å². The Morgan fingerprint density at radius 3 is 2.79 bits per heavy atom. The summed E-state index contributed by atoms with van der Waals surface area (Å²) in [5.41, 5.74) is 1.55. The van der Waals surface area contributed by atoms with Crippen molar-refractivity contribution in [3.63, 3.8) is 0 Å². The highest BCUT2D eigenvalue weighted by Crippen LogP contribution is 2.29. The largest absolute Gasteiger partial charge is 0.480 e. The van der Waals surface area contributed by atoms with Gasteiger partial charge in [-0.1, -0.05) is 11.6 Å². The number of halogens is 3. The highest BCUT2D eigenvalue weighted by atomic mass is 79.9. The van der Waals surface area contributed by atoms with Crippen LogP contribution in [0, 0.1) is 5.82 Å². The zero-order valence-electron chi connectivity index (χ0n) is 14.9. The molecule has 0 aliphatic rings. The van der Waals surface area contributed by atoms with Crippen LogP contribution in [0.2, 0.25) is 5.02 Å². The predicted molar refractivity (Wildman–Crippen MR) is 114 cm³/mol. The summed E-state index contributed by atoms with van der Waals surface area (Å²) in [6.07, 6.45) is -0.786. The number of carbonyl (C=O) groups is 1. The van der Waals surface area contributed by atoms with E-state index in [4.69, 9.17) is 16.3 Å². The van der Waals surface area contributed by atoms with E-state index >= 15 is 0 Å². The molecule has 0 saturated heterocycles. The van der Waals surface area contributed by atoms with Crippen LogP contribution in [0.25, 0.3) is 16.2 Å². The Labute approximate surface area is 182 Å². The summed E-state index contributed by atoms with van der Waals surface area (Å²) in [7, 11) is 0. The number of thiazole rings is 1. The molecule has 0 fully saturated rings. The first-order chi connectivity index (χ1) is 13.9. The first kappa shape index (κ1) is 19.8. The van der Waals surface area contributed by atoms with Gasteiger partial charge in [-0.05, 0) is 65.3 Å². The Hall–Kier alpha value is -2.49. The molecule has 148 valence electrons. The molecule has 0 bridgehead atoms. The number of rotatable bonds is 5. The highest BCUT2D eigenvalue weighted by Gasteiger charge is 2.19. The first-order valence-corrected chi connectivity index (χ1v) is 10.5. The number of nitrogens with zero attached hydrogens (tertiary/aromatic N) is 3. The van der Waals surface area contributed by atoms with E-state index in [9.17, 15) is 9.18 Å². The number of aromatic nitrogens is 3. The first-order valence-electron chi connectivity index (χ1n) is 8.43. The lowest BCUT2D eigenvalue weighted by Gasteiger charge is -2.14. The minimum absolute atomic E-state index is 0.163. The lowest BCUT2D eigenvalue weighted by molar-refractivity contribution is -0.122. The second kappa shape index (κ2) is 8.10. The molecule has 4 rings (SSSR count). The smallest absolute Gasteiger partial charge is 0.267 e. The SMILES string of the molecule is CC(Oc1ccc(Cl)cc1Br)C(=O)Nc1nc2scc(-c3ccc(F)cc3)n2n1. The van der Waals surface area contributed by atoms with Gasteiger partial charge in [-0.3, -0.25) is 10.1 Å². The fraction of sp³-hybridized carbons (Fsp3) is 0.105. The lowest BCUT2D eigenvalue weighted by atomic mass is 10.2. The third-order valence-electron chi connectivity index (χ3n) is 4.02. The molecule has 29 heavy (non-hydrogen) atoms. The third-order valence-corrected chi connectivity index (χ3v) is 5.69. The molecule has 2 aromatic carbocycles. The van der Waals surface area contributed by atoms with Crippen LogP contribution >= 0.6 is 38.9 Å². The van der Waals surface area contributed by atoms with Crippen molar-refractivity contribution in [3.05, 3.63) is 63.2 Å². The molecule has 1 amide bonds. The molecule has 0 spiro atoms. The number of hydrogen-bond donors (Lipinski definition) is 1. The van der Waals surface area contributed by atoms with Gasteiger partial charge < -0.3 is 4.74 Å². The zero-order valence-corrected chi connectivity index (χ0v) is 18.1. The number of fused-ring (bicyclic) bond motifs is 1. The lowest BCUT2D eigenvalue weighted by Crippen LogP contribution is -2.30. The van der Waals surface area contributed by atoms with Crippen LogP contribution in [-0.2, 0) is 4.79 Å². The topological polar surface area (TPSA) is 68.5 Å². The Kier molecular flexibility index (Phi) is 5.53. The summed E-state index contributed by atoms with van der Waals surface area (Å²) in [6.45, 7) is 1.62. The number of hydrogen-bond acceptors (Lipinski definition) is 5. The molecule has 1 unspecified atom stereocenters.